The number of aliphatic hydroxyl groups excluding tert-OH is 1. The number of para-hydroxylation sites is 1. The number of anilines is 1. The van der Waals surface area contributed by atoms with Gasteiger partial charge in [0.2, 0.25) is 5.91 Å². The Bertz CT molecular complexity index is 500. The molecule has 1 aliphatic rings. The Labute approximate surface area is 111 Å². The third-order valence-electron chi connectivity index (χ3n) is 3.25. The molecule has 1 aromatic rings. The molecule has 1 aliphatic heterocycles. The van der Waals surface area contributed by atoms with Gasteiger partial charge in [-0.25, -0.2) is 0 Å². The van der Waals surface area contributed by atoms with Crippen molar-refractivity contribution in [3.63, 3.8) is 0 Å². The average molecular weight is 263 g/mol. The molecule has 2 rings (SSSR count). The van der Waals surface area contributed by atoms with Crippen LogP contribution in [0.2, 0.25) is 0 Å². The first-order valence-corrected chi connectivity index (χ1v) is 6.36. The van der Waals surface area contributed by atoms with Crippen molar-refractivity contribution in [3.05, 3.63) is 29.8 Å². The standard InChI is InChI=1S/C14H17NO4/c1-3-15-10-8-6-5-7-9(10)12(16)11(13(15)17)14(18)19-4-2/h5-8,11-12,16H,3-4H2,1-2H3. The topological polar surface area (TPSA) is 66.8 Å². The highest BCUT2D eigenvalue weighted by Gasteiger charge is 2.44. The van der Waals surface area contributed by atoms with Crippen molar-refractivity contribution in [2.75, 3.05) is 18.1 Å². The van der Waals surface area contributed by atoms with Crippen LogP contribution in [0.25, 0.3) is 0 Å². The van der Waals surface area contributed by atoms with Crippen LogP contribution in [0, 0.1) is 5.92 Å². The van der Waals surface area contributed by atoms with Gasteiger partial charge < -0.3 is 14.7 Å². The van der Waals surface area contributed by atoms with Crippen molar-refractivity contribution in [1.82, 2.24) is 0 Å². The van der Waals surface area contributed by atoms with Crippen LogP contribution in [-0.4, -0.2) is 30.1 Å². The molecule has 102 valence electrons. The maximum Gasteiger partial charge on any atom is 0.321 e. The first-order valence-electron chi connectivity index (χ1n) is 6.36. The van der Waals surface area contributed by atoms with Gasteiger partial charge in [0.25, 0.3) is 0 Å². The number of carbonyl (C=O) groups is 2. The number of ether oxygens (including phenoxy) is 1. The van der Waals surface area contributed by atoms with Crippen LogP contribution in [0.15, 0.2) is 24.3 Å². The van der Waals surface area contributed by atoms with Gasteiger partial charge >= 0.3 is 5.97 Å². The molecule has 0 bridgehead atoms. The van der Waals surface area contributed by atoms with Gasteiger partial charge in [-0.15, -0.1) is 0 Å². The second-order valence-electron chi connectivity index (χ2n) is 4.32. The Morgan fingerprint density at radius 2 is 2.05 bits per heavy atom. The van der Waals surface area contributed by atoms with E-state index in [1.165, 1.54) is 4.90 Å². The summed E-state index contributed by atoms with van der Waals surface area (Å²) in [6.45, 7) is 4.12. The number of hydrogen-bond donors (Lipinski definition) is 1. The fourth-order valence-corrected chi connectivity index (χ4v) is 2.37. The summed E-state index contributed by atoms with van der Waals surface area (Å²) in [4.78, 5) is 25.7. The fourth-order valence-electron chi connectivity index (χ4n) is 2.37. The number of nitrogens with zero attached hydrogens (tertiary/aromatic N) is 1. The van der Waals surface area contributed by atoms with Crippen molar-refractivity contribution in [2.24, 2.45) is 5.92 Å². The van der Waals surface area contributed by atoms with Gasteiger partial charge in [0.15, 0.2) is 5.92 Å². The van der Waals surface area contributed by atoms with Crippen molar-refractivity contribution in [1.29, 1.82) is 0 Å². The Hall–Kier alpha value is -1.88. The largest absolute Gasteiger partial charge is 0.465 e. The number of aliphatic hydroxyl groups is 1. The molecule has 19 heavy (non-hydrogen) atoms. The number of amides is 1. The Kier molecular flexibility index (Phi) is 3.85. The van der Waals surface area contributed by atoms with E-state index in [9.17, 15) is 14.7 Å². The molecular formula is C14H17NO4. The summed E-state index contributed by atoms with van der Waals surface area (Å²) in [7, 11) is 0. The van der Waals surface area contributed by atoms with Crippen molar-refractivity contribution in [2.45, 2.75) is 20.0 Å². The third-order valence-corrected chi connectivity index (χ3v) is 3.25. The van der Waals surface area contributed by atoms with Gasteiger partial charge in [-0.05, 0) is 19.9 Å². The van der Waals surface area contributed by atoms with Gasteiger partial charge in [0.1, 0.15) is 6.10 Å². The summed E-state index contributed by atoms with van der Waals surface area (Å²) in [5.74, 6) is -2.25. The fraction of sp³-hybridized carbons (Fsp3) is 0.429. The lowest BCUT2D eigenvalue weighted by atomic mass is 9.88. The Morgan fingerprint density at radius 3 is 2.68 bits per heavy atom. The van der Waals surface area contributed by atoms with Gasteiger partial charge in [-0.2, -0.15) is 0 Å². The molecule has 0 saturated carbocycles. The molecule has 0 spiro atoms. The predicted octanol–water partition coefficient (Wildman–Crippen LogP) is 1.27. The summed E-state index contributed by atoms with van der Waals surface area (Å²) < 4.78 is 4.88. The molecule has 5 heteroatoms. The SMILES string of the molecule is CCOC(=O)C1C(=O)N(CC)c2ccccc2C1O. The number of benzene rings is 1. The zero-order chi connectivity index (χ0) is 14.0. The molecule has 2 unspecified atom stereocenters. The monoisotopic (exact) mass is 263 g/mol. The van der Waals surface area contributed by atoms with E-state index in [4.69, 9.17) is 4.74 Å². The van der Waals surface area contributed by atoms with Crippen LogP contribution < -0.4 is 4.90 Å². The number of rotatable bonds is 3. The van der Waals surface area contributed by atoms with Crippen molar-refractivity contribution >= 4 is 17.6 Å². The maximum absolute atomic E-state index is 12.3. The molecule has 2 atom stereocenters. The Balaban J connectivity index is 2.45. The molecule has 0 radical (unpaired) electrons. The quantitative estimate of drug-likeness (QED) is 0.658. The molecule has 1 N–H and O–H groups in total. The normalized spacial score (nSPS) is 22.1. The summed E-state index contributed by atoms with van der Waals surface area (Å²) in [5, 5.41) is 10.3. The lowest BCUT2D eigenvalue weighted by molar-refractivity contribution is -0.156. The van der Waals surface area contributed by atoms with E-state index in [-0.39, 0.29) is 6.61 Å². The highest BCUT2D eigenvalue weighted by atomic mass is 16.5. The molecule has 0 aliphatic carbocycles. The predicted molar refractivity (Wildman–Crippen MR) is 69.6 cm³/mol. The van der Waals surface area contributed by atoms with E-state index >= 15 is 0 Å². The molecule has 0 fully saturated rings. The highest BCUT2D eigenvalue weighted by molar-refractivity contribution is 6.09. The molecule has 5 nitrogen and oxygen atoms in total. The first kappa shape index (κ1) is 13.5. The van der Waals surface area contributed by atoms with Crippen LogP contribution in [-0.2, 0) is 14.3 Å². The van der Waals surface area contributed by atoms with E-state index in [1.807, 2.05) is 6.92 Å². The number of hydrogen-bond acceptors (Lipinski definition) is 4. The van der Waals surface area contributed by atoms with E-state index in [0.717, 1.165) is 0 Å². The first-order chi connectivity index (χ1) is 9.11. The minimum absolute atomic E-state index is 0.184. The van der Waals surface area contributed by atoms with Gasteiger partial charge in [-0.1, -0.05) is 18.2 Å². The molecule has 0 saturated heterocycles. The average Bonchev–Trinajstić information content (AvgIpc) is 2.40. The van der Waals surface area contributed by atoms with Crippen LogP contribution in [0.1, 0.15) is 25.5 Å². The summed E-state index contributed by atoms with van der Waals surface area (Å²) in [5.41, 5.74) is 1.24. The summed E-state index contributed by atoms with van der Waals surface area (Å²) in [6.07, 6.45) is -1.15. The molecule has 1 heterocycles. The molecular weight excluding hydrogens is 246 g/mol. The minimum Gasteiger partial charge on any atom is -0.465 e. The minimum atomic E-state index is -1.17. The summed E-state index contributed by atoms with van der Waals surface area (Å²) >= 11 is 0. The van der Waals surface area contributed by atoms with Crippen molar-refractivity contribution in [3.8, 4) is 0 Å². The van der Waals surface area contributed by atoms with Crippen LogP contribution in [0.3, 0.4) is 0 Å². The van der Waals surface area contributed by atoms with Gasteiger partial charge in [-0.3, -0.25) is 9.59 Å². The highest BCUT2D eigenvalue weighted by Crippen LogP contribution is 2.38. The van der Waals surface area contributed by atoms with Gasteiger partial charge in [0.05, 0.1) is 6.61 Å². The summed E-state index contributed by atoms with van der Waals surface area (Å²) in [6, 6.07) is 7.06. The van der Waals surface area contributed by atoms with Crippen LogP contribution >= 0.6 is 0 Å². The van der Waals surface area contributed by atoms with Gasteiger partial charge in [0, 0.05) is 17.8 Å². The van der Waals surface area contributed by atoms with Crippen LogP contribution in [0.5, 0.6) is 0 Å². The van der Waals surface area contributed by atoms with Crippen LogP contribution in [0.4, 0.5) is 5.69 Å². The third kappa shape index (κ3) is 2.21. The molecule has 1 amide bonds. The maximum atomic E-state index is 12.3. The zero-order valence-electron chi connectivity index (χ0n) is 11.0. The number of carbonyl (C=O) groups excluding carboxylic acids is 2. The smallest absolute Gasteiger partial charge is 0.321 e. The van der Waals surface area contributed by atoms with E-state index in [2.05, 4.69) is 0 Å². The van der Waals surface area contributed by atoms with E-state index < -0.39 is 23.9 Å². The molecule has 1 aromatic carbocycles. The van der Waals surface area contributed by atoms with E-state index in [1.54, 1.807) is 31.2 Å². The van der Waals surface area contributed by atoms with E-state index in [0.29, 0.717) is 17.8 Å². The molecule has 0 aromatic heterocycles. The van der Waals surface area contributed by atoms with Crippen molar-refractivity contribution < 1.29 is 19.4 Å². The second-order valence-corrected chi connectivity index (χ2v) is 4.32. The number of esters is 1. The zero-order valence-corrected chi connectivity index (χ0v) is 11.0. The number of fused-ring (bicyclic) bond motifs is 1. The lowest BCUT2D eigenvalue weighted by Crippen LogP contribution is -2.47. The second kappa shape index (κ2) is 5.40. The lowest BCUT2D eigenvalue weighted by Gasteiger charge is -2.35. The Morgan fingerprint density at radius 1 is 1.37 bits per heavy atom.